The number of ether oxygens (including phenoxy) is 2. The Morgan fingerprint density at radius 2 is 1.68 bits per heavy atom. The minimum absolute atomic E-state index is 0.0881. The molecule has 3 heteroatoms. The highest BCUT2D eigenvalue weighted by atomic mass is 16.5. The van der Waals surface area contributed by atoms with Crippen molar-refractivity contribution in [3.05, 3.63) is 88.0 Å². The van der Waals surface area contributed by atoms with Crippen LogP contribution in [0.15, 0.2) is 54.6 Å². The van der Waals surface area contributed by atoms with E-state index in [4.69, 9.17) is 9.47 Å². The van der Waals surface area contributed by atoms with Crippen LogP contribution in [0.25, 0.3) is 11.1 Å². The van der Waals surface area contributed by atoms with Crippen molar-refractivity contribution < 1.29 is 14.3 Å². The van der Waals surface area contributed by atoms with Gasteiger partial charge in [-0.15, -0.1) is 12.3 Å². The summed E-state index contributed by atoms with van der Waals surface area (Å²) in [5, 5.41) is 0. The lowest BCUT2D eigenvalue weighted by atomic mass is 9.92. The van der Waals surface area contributed by atoms with Gasteiger partial charge in [0.15, 0.2) is 0 Å². The van der Waals surface area contributed by atoms with Crippen molar-refractivity contribution in [1.29, 1.82) is 0 Å². The van der Waals surface area contributed by atoms with E-state index < -0.39 is 0 Å². The smallest absolute Gasteiger partial charge is 0.305 e. The first-order valence-electron chi connectivity index (χ1n) is 11.8. The average molecular weight is 455 g/mol. The van der Waals surface area contributed by atoms with Crippen molar-refractivity contribution in [1.82, 2.24) is 0 Å². The van der Waals surface area contributed by atoms with E-state index in [-0.39, 0.29) is 12.1 Å². The van der Waals surface area contributed by atoms with Gasteiger partial charge in [0.1, 0.15) is 11.9 Å². The highest BCUT2D eigenvalue weighted by Crippen LogP contribution is 2.38. The Labute approximate surface area is 204 Å². The van der Waals surface area contributed by atoms with E-state index in [0.717, 1.165) is 24.2 Å². The summed E-state index contributed by atoms with van der Waals surface area (Å²) in [6.07, 6.45) is 7.80. The Morgan fingerprint density at radius 1 is 1.03 bits per heavy atom. The molecule has 0 saturated carbocycles. The molecule has 1 atom stereocenters. The summed E-state index contributed by atoms with van der Waals surface area (Å²) in [6.45, 7) is 8.20. The van der Waals surface area contributed by atoms with Crippen LogP contribution in [0.2, 0.25) is 0 Å². The standard InChI is InChI=1S/C28H30O3.C3H4/c1-18-15-19(2)28(20(3)16-18)23-8-12-25-22(17-23)9-13-26(25)31-24-10-5-21(6-11-24)7-14-27(29)30-4;1-3-2/h5-6,8,10-12,15-17,26H,7,9,13-14H2,1-4H3;1H,2H3. The van der Waals surface area contributed by atoms with Crippen LogP contribution in [0.5, 0.6) is 5.75 Å². The third-order valence-electron chi connectivity index (χ3n) is 6.18. The average Bonchev–Trinajstić information content (AvgIpc) is 3.20. The van der Waals surface area contributed by atoms with E-state index in [1.54, 1.807) is 6.92 Å². The van der Waals surface area contributed by atoms with Crippen LogP contribution in [0.1, 0.15) is 59.3 Å². The van der Waals surface area contributed by atoms with Gasteiger partial charge < -0.3 is 9.47 Å². The molecule has 0 spiro atoms. The van der Waals surface area contributed by atoms with Gasteiger partial charge in [0, 0.05) is 6.42 Å². The molecule has 3 nitrogen and oxygen atoms in total. The third kappa shape index (κ3) is 6.08. The fourth-order valence-corrected chi connectivity index (χ4v) is 4.74. The monoisotopic (exact) mass is 454 g/mol. The van der Waals surface area contributed by atoms with E-state index in [1.165, 1.54) is 46.1 Å². The summed E-state index contributed by atoms with van der Waals surface area (Å²) in [5.41, 5.74) is 10.4. The number of fused-ring (bicyclic) bond motifs is 1. The lowest BCUT2D eigenvalue weighted by Crippen LogP contribution is -2.04. The van der Waals surface area contributed by atoms with Crippen LogP contribution in [0, 0.1) is 33.1 Å². The first-order chi connectivity index (χ1) is 16.4. The zero-order valence-electron chi connectivity index (χ0n) is 20.9. The van der Waals surface area contributed by atoms with Crippen LogP contribution < -0.4 is 4.74 Å². The van der Waals surface area contributed by atoms with Crippen LogP contribution in [-0.4, -0.2) is 13.1 Å². The maximum absolute atomic E-state index is 11.3. The first kappa shape index (κ1) is 25.1. The van der Waals surface area contributed by atoms with Crippen LogP contribution in [0.3, 0.4) is 0 Å². The van der Waals surface area contributed by atoms with E-state index in [9.17, 15) is 4.79 Å². The highest BCUT2D eigenvalue weighted by molar-refractivity contribution is 5.72. The largest absolute Gasteiger partial charge is 0.486 e. The number of hydrogen-bond acceptors (Lipinski definition) is 3. The number of terminal acetylenes is 1. The molecule has 1 unspecified atom stereocenters. The second-order valence-corrected chi connectivity index (χ2v) is 8.84. The number of aryl methyl sites for hydroxylation is 5. The normalized spacial score (nSPS) is 13.8. The zero-order chi connectivity index (χ0) is 24.7. The molecule has 0 amide bonds. The molecule has 0 bridgehead atoms. The van der Waals surface area contributed by atoms with Crippen LogP contribution >= 0.6 is 0 Å². The number of esters is 1. The Bertz CT molecular complexity index is 1160. The molecule has 1 aliphatic rings. The first-order valence-corrected chi connectivity index (χ1v) is 11.8. The van der Waals surface area contributed by atoms with E-state index in [2.05, 4.69) is 63.4 Å². The second-order valence-electron chi connectivity index (χ2n) is 8.84. The maximum Gasteiger partial charge on any atom is 0.305 e. The summed E-state index contributed by atoms with van der Waals surface area (Å²) >= 11 is 0. The van der Waals surface area contributed by atoms with Crippen molar-refractivity contribution in [2.24, 2.45) is 0 Å². The van der Waals surface area contributed by atoms with Crippen LogP contribution in [0.4, 0.5) is 0 Å². The fourth-order valence-electron chi connectivity index (χ4n) is 4.74. The van der Waals surface area contributed by atoms with E-state index in [0.29, 0.717) is 12.8 Å². The lowest BCUT2D eigenvalue weighted by molar-refractivity contribution is -0.140. The van der Waals surface area contributed by atoms with Gasteiger partial charge in [0.2, 0.25) is 0 Å². The Hall–Kier alpha value is -3.51. The highest BCUT2D eigenvalue weighted by Gasteiger charge is 2.25. The number of methoxy groups -OCH3 is 1. The molecule has 0 fully saturated rings. The topological polar surface area (TPSA) is 35.5 Å². The van der Waals surface area contributed by atoms with Gasteiger partial charge in [-0.1, -0.05) is 48.0 Å². The van der Waals surface area contributed by atoms with E-state index in [1.807, 2.05) is 24.3 Å². The van der Waals surface area contributed by atoms with Crippen molar-refractivity contribution >= 4 is 5.97 Å². The summed E-state index contributed by atoms with van der Waals surface area (Å²) in [5.74, 6) is 2.94. The zero-order valence-corrected chi connectivity index (χ0v) is 20.9. The minimum atomic E-state index is -0.182. The molecule has 34 heavy (non-hydrogen) atoms. The molecule has 0 heterocycles. The Morgan fingerprint density at radius 3 is 2.29 bits per heavy atom. The fraction of sp³-hybridized carbons (Fsp3) is 0.323. The van der Waals surface area contributed by atoms with Crippen LogP contribution in [-0.2, 0) is 22.4 Å². The van der Waals surface area contributed by atoms with Crippen molar-refractivity contribution in [2.45, 2.75) is 59.5 Å². The summed E-state index contributed by atoms with van der Waals surface area (Å²) in [7, 11) is 1.42. The van der Waals surface area contributed by atoms with Gasteiger partial charge in [0.05, 0.1) is 7.11 Å². The van der Waals surface area contributed by atoms with Gasteiger partial charge in [-0.05, 0) is 98.0 Å². The van der Waals surface area contributed by atoms with Gasteiger partial charge in [-0.2, -0.15) is 0 Å². The molecular weight excluding hydrogens is 420 g/mol. The number of carbonyl (C=O) groups excluding carboxylic acids is 1. The quantitative estimate of drug-likeness (QED) is 0.295. The van der Waals surface area contributed by atoms with Crippen molar-refractivity contribution in [3.63, 3.8) is 0 Å². The molecule has 0 aliphatic heterocycles. The molecule has 3 aromatic carbocycles. The number of hydrogen-bond donors (Lipinski definition) is 0. The number of rotatable bonds is 6. The molecule has 0 aromatic heterocycles. The Kier molecular flexibility index (Phi) is 8.55. The molecule has 0 radical (unpaired) electrons. The van der Waals surface area contributed by atoms with Gasteiger partial charge >= 0.3 is 5.97 Å². The molecule has 3 aromatic rings. The van der Waals surface area contributed by atoms with Gasteiger partial charge in [0.25, 0.3) is 0 Å². The summed E-state index contributed by atoms with van der Waals surface area (Å²) in [4.78, 5) is 11.3. The minimum Gasteiger partial charge on any atom is -0.486 e. The summed E-state index contributed by atoms with van der Waals surface area (Å²) < 4.78 is 11.0. The SMILES string of the molecule is C#CC.COC(=O)CCc1ccc(OC2CCc3cc(-c4c(C)cc(C)cc4C)ccc32)cc1. The maximum atomic E-state index is 11.3. The molecule has 0 saturated heterocycles. The molecule has 4 rings (SSSR count). The molecular formula is C31H34O3. The molecule has 0 N–H and O–H groups in total. The third-order valence-corrected chi connectivity index (χ3v) is 6.18. The lowest BCUT2D eigenvalue weighted by Gasteiger charge is -2.17. The molecule has 176 valence electrons. The van der Waals surface area contributed by atoms with Gasteiger partial charge in [-0.3, -0.25) is 4.79 Å². The van der Waals surface area contributed by atoms with E-state index >= 15 is 0 Å². The Balaban J connectivity index is 0.00000103. The predicted molar refractivity (Wildman–Crippen MR) is 139 cm³/mol. The summed E-state index contributed by atoms with van der Waals surface area (Å²) in [6, 6.07) is 19.4. The van der Waals surface area contributed by atoms with Crippen molar-refractivity contribution in [3.8, 4) is 29.2 Å². The second kappa shape index (κ2) is 11.6. The number of benzene rings is 3. The number of carbonyl (C=O) groups is 1. The van der Waals surface area contributed by atoms with Gasteiger partial charge in [-0.25, -0.2) is 0 Å². The van der Waals surface area contributed by atoms with Crippen molar-refractivity contribution in [2.75, 3.05) is 7.11 Å². The predicted octanol–water partition coefficient (Wildman–Crippen LogP) is 7.09. The molecule has 1 aliphatic carbocycles.